The molecule has 0 bridgehead atoms. The molecular weight excluding hydrogens is 373 g/mol. The van der Waals surface area contributed by atoms with Gasteiger partial charge in [0, 0.05) is 26.2 Å². The average molecular weight is 406 g/mol. The minimum Gasteiger partial charge on any atom is -0.444 e. The number of morpholine rings is 1. The number of hydrogen-bond acceptors (Lipinski definition) is 5. The van der Waals surface area contributed by atoms with E-state index in [4.69, 9.17) is 14.7 Å². The number of piperazine rings is 1. The average Bonchev–Trinajstić information content (AvgIpc) is 2.67. The topological polar surface area (TPSA) is 65.8 Å². The SMILES string of the molecule is CC.CC(C)(C)OC(=O)N1CCN2C[C@@H](c3ccc(C#N)c(F)c3)OC[C@@]2(C)C1. The van der Waals surface area contributed by atoms with Gasteiger partial charge < -0.3 is 14.4 Å². The minimum atomic E-state index is -0.526. The molecule has 29 heavy (non-hydrogen) atoms. The molecule has 0 saturated carbocycles. The Morgan fingerprint density at radius 2 is 2.03 bits per heavy atom. The van der Waals surface area contributed by atoms with Crippen LogP contribution in [0.4, 0.5) is 9.18 Å². The van der Waals surface area contributed by atoms with Gasteiger partial charge in [0.1, 0.15) is 17.5 Å². The number of nitriles is 1. The molecule has 2 heterocycles. The van der Waals surface area contributed by atoms with Gasteiger partial charge in [-0.2, -0.15) is 5.26 Å². The Labute approximate surface area is 173 Å². The van der Waals surface area contributed by atoms with Gasteiger partial charge >= 0.3 is 6.09 Å². The fraction of sp³-hybridized carbons (Fsp3) is 0.636. The normalized spacial score (nSPS) is 24.6. The lowest BCUT2D eigenvalue weighted by atomic mass is 9.93. The van der Waals surface area contributed by atoms with Crippen LogP contribution in [0.1, 0.15) is 58.8 Å². The Morgan fingerprint density at radius 1 is 1.34 bits per heavy atom. The van der Waals surface area contributed by atoms with Crippen LogP contribution in [-0.2, 0) is 9.47 Å². The lowest BCUT2D eigenvalue weighted by Crippen LogP contribution is -2.67. The zero-order chi connectivity index (χ0) is 21.8. The summed E-state index contributed by atoms with van der Waals surface area (Å²) in [6.07, 6.45) is -0.562. The van der Waals surface area contributed by atoms with Crippen LogP contribution < -0.4 is 0 Å². The number of fused-ring (bicyclic) bond motifs is 1. The quantitative estimate of drug-likeness (QED) is 0.704. The van der Waals surface area contributed by atoms with E-state index in [2.05, 4.69) is 11.8 Å². The zero-order valence-corrected chi connectivity index (χ0v) is 18.3. The van der Waals surface area contributed by atoms with Gasteiger partial charge in [-0.3, -0.25) is 4.90 Å². The van der Waals surface area contributed by atoms with Gasteiger partial charge in [-0.15, -0.1) is 0 Å². The van der Waals surface area contributed by atoms with Gasteiger partial charge in [0.15, 0.2) is 0 Å². The van der Waals surface area contributed by atoms with Crippen molar-refractivity contribution in [3.63, 3.8) is 0 Å². The fourth-order valence-electron chi connectivity index (χ4n) is 3.59. The van der Waals surface area contributed by atoms with Crippen LogP contribution in [0.25, 0.3) is 0 Å². The molecule has 1 amide bonds. The van der Waals surface area contributed by atoms with Crippen molar-refractivity contribution in [2.45, 2.75) is 58.8 Å². The molecule has 0 N–H and O–H groups in total. The Morgan fingerprint density at radius 3 is 2.62 bits per heavy atom. The molecule has 0 unspecified atom stereocenters. The maximum Gasteiger partial charge on any atom is 0.410 e. The lowest BCUT2D eigenvalue weighted by molar-refractivity contribution is -0.133. The second-order valence-electron chi connectivity index (χ2n) is 8.50. The molecule has 0 aromatic heterocycles. The number of amides is 1. The van der Waals surface area contributed by atoms with Crippen molar-refractivity contribution >= 4 is 6.09 Å². The molecule has 7 heteroatoms. The number of benzene rings is 1. The monoisotopic (exact) mass is 405 g/mol. The van der Waals surface area contributed by atoms with Crippen LogP contribution in [0.15, 0.2) is 18.2 Å². The summed E-state index contributed by atoms with van der Waals surface area (Å²) in [5, 5.41) is 8.88. The Balaban J connectivity index is 0.00000145. The van der Waals surface area contributed by atoms with Crippen molar-refractivity contribution in [1.29, 1.82) is 5.26 Å². The molecule has 0 aliphatic carbocycles. The first-order valence-electron chi connectivity index (χ1n) is 10.2. The fourth-order valence-corrected chi connectivity index (χ4v) is 3.59. The number of halogens is 1. The van der Waals surface area contributed by atoms with Crippen molar-refractivity contribution in [2.75, 3.05) is 32.8 Å². The van der Waals surface area contributed by atoms with Crippen LogP contribution in [0.3, 0.4) is 0 Å². The number of nitrogens with zero attached hydrogens (tertiary/aromatic N) is 3. The number of rotatable bonds is 1. The molecule has 0 radical (unpaired) electrons. The van der Waals surface area contributed by atoms with E-state index in [-0.39, 0.29) is 23.3 Å². The smallest absolute Gasteiger partial charge is 0.410 e. The molecule has 2 aliphatic heterocycles. The summed E-state index contributed by atoms with van der Waals surface area (Å²) >= 11 is 0. The van der Waals surface area contributed by atoms with Crippen molar-refractivity contribution in [1.82, 2.24) is 9.80 Å². The van der Waals surface area contributed by atoms with Crippen LogP contribution in [0.2, 0.25) is 0 Å². The highest BCUT2D eigenvalue weighted by molar-refractivity contribution is 5.68. The van der Waals surface area contributed by atoms with Crippen LogP contribution in [0.5, 0.6) is 0 Å². The lowest BCUT2D eigenvalue weighted by Gasteiger charge is -2.52. The second-order valence-corrected chi connectivity index (χ2v) is 8.50. The first-order valence-corrected chi connectivity index (χ1v) is 10.2. The third-order valence-corrected chi connectivity index (χ3v) is 5.05. The zero-order valence-electron chi connectivity index (χ0n) is 18.3. The predicted molar refractivity (Wildman–Crippen MR) is 109 cm³/mol. The van der Waals surface area contributed by atoms with Gasteiger partial charge in [-0.25, -0.2) is 9.18 Å². The molecule has 1 aromatic carbocycles. The molecule has 6 nitrogen and oxygen atoms in total. The van der Waals surface area contributed by atoms with Gasteiger partial charge in [-0.1, -0.05) is 19.9 Å². The van der Waals surface area contributed by atoms with E-state index in [1.54, 1.807) is 11.0 Å². The standard InChI is InChI=1S/C20H26FN3O3.C2H6/c1-19(2,3)27-18(25)23-7-8-24-11-17(26-13-20(24,4)12-23)14-5-6-15(10-22)16(21)9-14;1-2/h5-6,9,17H,7-8,11-13H2,1-4H3;1-2H3/t17-,20+;/m0./s1. The van der Waals surface area contributed by atoms with Gasteiger partial charge in [-0.05, 0) is 45.4 Å². The van der Waals surface area contributed by atoms with Crippen LogP contribution in [-0.4, -0.2) is 59.8 Å². The largest absolute Gasteiger partial charge is 0.444 e. The molecule has 2 fully saturated rings. The van der Waals surface area contributed by atoms with E-state index in [0.717, 1.165) is 5.56 Å². The van der Waals surface area contributed by atoms with Gasteiger partial charge in [0.2, 0.25) is 0 Å². The maximum absolute atomic E-state index is 13.9. The van der Waals surface area contributed by atoms with E-state index < -0.39 is 11.4 Å². The highest BCUT2D eigenvalue weighted by Crippen LogP contribution is 2.33. The van der Waals surface area contributed by atoms with E-state index >= 15 is 0 Å². The molecule has 1 aromatic rings. The number of carbonyl (C=O) groups excluding carboxylic acids is 1. The van der Waals surface area contributed by atoms with Gasteiger partial charge in [0.05, 0.1) is 23.8 Å². The third-order valence-electron chi connectivity index (χ3n) is 5.05. The molecule has 2 atom stereocenters. The predicted octanol–water partition coefficient (Wildman–Crippen LogP) is 4.11. The highest BCUT2D eigenvalue weighted by Gasteiger charge is 2.44. The van der Waals surface area contributed by atoms with Crippen LogP contribution in [0, 0.1) is 17.1 Å². The summed E-state index contributed by atoms with van der Waals surface area (Å²) in [5.74, 6) is -0.526. The summed E-state index contributed by atoms with van der Waals surface area (Å²) in [6, 6.07) is 6.44. The Bertz CT molecular complexity index is 772. The number of carbonyl (C=O) groups is 1. The van der Waals surface area contributed by atoms with Crippen molar-refractivity contribution in [3.8, 4) is 6.07 Å². The summed E-state index contributed by atoms with van der Waals surface area (Å²) in [6.45, 7) is 14.5. The molecule has 160 valence electrons. The Hall–Kier alpha value is -2.17. The molecular formula is C22H32FN3O3. The maximum atomic E-state index is 13.9. The van der Waals surface area contributed by atoms with E-state index in [1.807, 2.05) is 40.7 Å². The Kier molecular flexibility index (Phi) is 7.25. The first-order chi connectivity index (χ1) is 13.6. The first kappa shape index (κ1) is 23.1. The molecule has 2 saturated heterocycles. The summed E-state index contributed by atoms with van der Waals surface area (Å²) in [4.78, 5) is 16.4. The van der Waals surface area contributed by atoms with Crippen molar-refractivity contribution < 1.29 is 18.7 Å². The third kappa shape index (κ3) is 5.46. The second kappa shape index (κ2) is 9.10. The molecule has 3 rings (SSSR count). The van der Waals surface area contributed by atoms with E-state index in [9.17, 15) is 9.18 Å². The minimum absolute atomic E-state index is 0.0328. The number of ether oxygens (including phenoxy) is 2. The molecule has 2 aliphatic rings. The van der Waals surface area contributed by atoms with Crippen LogP contribution >= 0.6 is 0 Å². The van der Waals surface area contributed by atoms with Crippen molar-refractivity contribution in [2.24, 2.45) is 0 Å². The summed E-state index contributed by atoms with van der Waals surface area (Å²) in [7, 11) is 0. The van der Waals surface area contributed by atoms with Crippen molar-refractivity contribution in [3.05, 3.63) is 35.1 Å². The van der Waals surface area contributed by atoms with E-state index in [0.29, 0.717) is 32.8 Å². The van der Waals surface area contributed by atoms with E-state index in [1.165, 1.54) is 12.1 Å². The van der Waals surface area contributed by atoms with Gasteiger partial charge in [0.25, 0.3) is 0 Å². The highest BCUT2D eigenvalue weighted by atomic mass is 19.1. The molecule has 0 spiro atoms. The summed E-state index contributed by atoms with van der Waals surface area (Å²) < 4.78 is 25.5. The summed E-state index contributed by atoms with van der Waals surface area (Å²) in [5.41, 5.74) is -0.0757. The number of hydrogen-bond donors (Lipinski definition) is 0.